The first-order valence-electron chi connectivity index (χ1n) is 10.7. The average Bonchev–Trinajstić information content (AvgIpc) is 3.31. The molecule has 0 unspecified atom stereocenters. The van der Waals surface area contributed by atoms with Crippen molar-refractivity contribution in [2.45, 2.75) is 13.5 Å². The second-order valence-electron chi connectivity index (χ2n) is 7.67. The number of amides is 1. The summed E-state index contributed by atoms with van der Waals surface area (Å²) in [5.41, 5.74) is 3.01. The molecule has 0 aliphatic rings. The Hall–Kier alpha value is -3.74. The molecule has 0 N–H and O–H groups in total. The first-order chi connectivity index (χ1) is 16.6. The van der Waals surface area contributed by atoms with Crippen LogP contribution in [0.1, 0.15) is 21.6 Å². The molecule has 2 heterocycles. The van der Waals surface area contributed by atoms with Crippen LogP contribution in [0.25, 0.3) is 10.2 Å². The van der Waals surface area contributed by atoms with E-state index in [1.807, 2.05) is 67.6 Å². The van der Waals surface area contributed by atoms with Gasteiger partial charge in [0.1, 0.15) is 11.5 Å². The maximum atomic E-state index is 13.6. The van der Waals surface area contributed by atoms with Crippen LogP contribution in [0.3, 0.4) is 0 Å². The van der Waals surface area contributed by atoms with Crippen molar-refractivity contribution in [3.05, 3.63) is 113 Å². The summed E-state index contributed by atoms with van der Waals surface area (Å²) in [6, 6.07) is 26.1. The van der Waals surface area contributed by atoms with Crippen molar-refractivity contribution < 1.29 is 9.53 Å². The Morgan fingerprint density at radius 3 is 2.41 bits per heavy atom. The van der Waals surface area contributed by atoms with E-state index in [0.29, 0.717) is 28.0 Å². The van der Waals surface area contributed by atoms with Crippen LogP contribution < -0.4 is 9.64 Å². The molecular weight excluding hydrogens is 466 g/mol. The number of nitrogens with zero attached hydrogens (tertiary/aromatic N) is 3. The SMILES string of the molecule is Cc1c(Cl)ccc2sc(N(Cc3ccccn3)C(=O)c3ccc(Oc4ccccc4)cc3)nc12. The van der Waals surface area contributed by atoms with Crippen molar-refractivity contribution in [3.63, 3.8) is 0 Å². The number of benzene rings is 3. The number of fused-ring (bicyclic) bond motifs is 1. The van der Waals surface area contributed by atoms with Crippen LogP contribution in [0.4, 0.5) is 5.13 Å². The van der Waals surface area contributed by atoms with Crippen molar-refractivity contribution in [2.24, 2.45) is 0 Å². The smallest absolute Gasteiger partial charge is 0.260 e. The van der Waals surface area contributed by atoms with Gasteiger partial charge in [0.05, 0.1) is 22.5 Å². The highest BCUT2D eigenvalue weighted by molar-refractivity contribution is 7.22. The van der Waals surface area contributed by atoms with Crippen LogP contribution in [0.5, 0.6) is 11.5 Å². The molecule has 3 aromatic carbocycles. The van der Waals surface area contributed by atoms with Crippen LogP contribution in [-0.2, 0) is 6.54 Å². The van der Waals surface area contributed by atoms with E-state index in [1.54, 1.807) is 35.4 Å². The van der Waals surface area contributed by atoms with Crippen molar-refractivity contribution >= 4 is 44.2 Å². The average molecular weight is 486 g/mol. The van der Waals surface area contributed by atoms with Gasteiger partial charge in [0.2, 0.25) is 0 Å². The molecule has 0 saturated heterocycles. The normalized spacial score (nSPS) is 10.9. The van der Waals surface area contributed by atoms with Crippen molar-refractivity contribution in [1.29, 1.82) is 0 Å². The van der Waals surface area contributed by atoms with Crippen LogP contribution in [0.15, 0.2) is 91.1 Å². The Labute approximate surface area is 206 Å². The Bertz CT molecular complexity index is 1440. The Morgan fingerprint density at radius 1 is 0.941 bits per heavy atom. The molecule has 5 nitrogen and oxygen atoms in total. The third kappa shape index (κ3) is 4.64. The standard InChI is InChI=1S/C27H20ClN3O2S/c1-18-23(28)14-15-24-25(18)30-27(34-24)31(17-20-7-5-6-16-29-20)26(32)19-10-12-22(13-11-19)33-21-8-3-2-4-9-21/h2-16H,17H2,1H3. The molecule has 34 heavy (non-hydrogen) atoms. The quantitative estimate of drug-likeness (QED) is 0.253. The number of hydrogen-bond acceptors (Lipinski definition) is 5. The molecule has 0 spiro atoms. The lowest BCUT2D eigenvalue weighted by Crippen LogP contribution is -2.30. The minimum absolute atomic E-state index is 0.167. The number of anilines is 1. The summed E-state index contributed by atoms with van der Waals surface area (Å²) in [6.45, 7) is 2.24. The molecule has 2 aromatic heterocycles. The number of rotatable bonds is 6. The topological polar surface area (TPSA) is 55.3 Å². The largest absolute Gasteiger partial charge is 0.457 e. The number of hydrogen-bond donors (Lipinski definition) is 0. The predicted octanol–water partition coefficient (Wildman–Crippen LogP) is 7.29. The predicted molar refractivity (Wildman–Crippen MR) is 137 cm³/mol. The van der Waals surface area contributed by atoms with Gasteiger partial charge in [-0.1, -0.05) is 47.2 Å². The summed E-state index contributed by atoms with van der Waals surface area (Å²) >= 11 is 7.76. The fourth-order valence-electron chi connectivity index (χ4n) is 3.53. The highest BCUT2D eigenvalue weighted by Gasteiger charge is 2.23. The van der Waals surface area contributed by atoms with Gasteiger partial charge in [-0.3, -0.25) is 14.7 Å². The minimum Gasteiger partial charge on any atom is -0.457 e. The fraction of sp³-hybridized carbons (Fsp3) is 0.0741. The lowest BCUT2D eigenvalue weighted by atomic mass is 10.2. The van der Waals surface area contributed by atoms with Gasteiger partial charge in [-0.05, 0) is 73.2 Å². The first-order valence-corrected chi connectivity index (χ1v) is 11.9. The molecule has 168 valence electrons. The lowest BCUT2D eigenvalue weighted by Gasteiger charge is -2.20. The van der Waals surface area contributed by atoms with Gasteiger partial charge in [0.15, 0.2) is 5.13 Å². The van der Waals surface area contributed by atoms with Crippen LogP contribution in [0, 0.1) is 6.92 Å². The number of aryl methyl sites for hydroxylation is 1. The second kappa shape index (κ2) is 9.63. The number of halogens is 1. The Balaban J connectivity index is 1.47. The summed E-state index contributed by atoms with van der Waals surface area (Å²) in [6.07, 6.45) is 1.72. The summed E-state index contributed by atoms with van der Waals surface area (Å²) in [5.74, 6) is 1.23. The van der Waals surface area contributed by atoms with Crippen molar-refractivity contribution in [1.82, 2.24) is 9.97 Å². The molecule has 0 fully saturated rings. The monoisotopic (exact) mass is 485 g/mol. The fourth-order valence-corrected chi connectivity index (χ4v) is 4.71. The Kier molecular flexibility index (Phi) is 6.25. The van der Waals surface area contributed by atoms with Gasteiger partial charge in [-0.15, -0.1) is 0 Å². The molecule has 0 bridgehead atoms. The molecule has 5 rings (SSSR count). The van der Waals surface area contributed by atoms with Gasteiger partial charge in [-0.2, -0.15) is 0 Å². The van der Waals surface area contributed by atoms with E-state index in [-0.39, 0.29) is 5.91 Å². The van der Waals surface area contributed by atoms with E-state index in [2.05, 4.69) is 4.98 Å². The lowest BCUT2D eigenvalue weighted by molar-refractivity contribution is 0.0985. The van der Waals surface area contributed by atoms with Gasteiger partial charge >= 0.3 is 0 Å². The van der Waals surface area contributed by atoms with Gasteiger partial charge < -0.3 is 4.74 Å². The van der Waals surface area contributed by atoms with Crippen molar-refractivity contribution in [3.8, 4) is 11.5 Å². The van der Waals surface area contributed by atoms with Gasteiger partial charge in [0.25, 0.3) is 5.91 Å². The zero-order valence-corrected chi connectivity index (χ0v) is 19.9. The summed E-state index contributed by atoms with van der Waals surface area (Å²) in [7, 11) is 0. The molecule has 0 atom stereocenters. The van der Waals surface area contributed by atoms with E-state index in [0.717, 1.165) is 27.2 Å². The minimum atomic E-state index is -0.167. The molecule has 0 aliphatic carbocycles. The highest BCUT2D eigenvalue weighted by Crippen LogP contribution is 2.35. The maximum Gasteiger partial charge on any atom is 0.260 e. The Morgan fingerprint density at radius 2 is 1.68 bits per heavy atom. The number of ether oxygens (including phenoxy) is 1. The number of aromatic nitrogens is 2. The molecule has 1 amide bonds. The first kappa shape index (κ1) is 22.1. The second-order valence-corrected chi connectivity index (χ2v) is 9.08. The molecule has 0 aliphatic heterocycles. The number of carbonyl (C=O) groups is 1. The third-order valence-electron chi connectivity index (χ3n) is 5.34. The van der Waals surface area contributed by atoms with Gasteiger partial charge in [0, 0.05) is 16.8 Å². The van der Waals surface area contributed by atoms with E-state index in [1.165, 1.54) is 11.3 Å². The van der Waals surface area contributed by atoms with Crippen LogP contribution >= 0.6 is 22.9 Å². The zero-order chi connectivity index (χ0) is 23.5. The van der Waals surface area contributed by atoms with Crippen LogP contribution in [0.2, 0.25) is 5.02 Å². The van der Waals surface area contributed by atoms with E-state index in [9.17, 15) is 4.79 Å². The zero-order valence-electron chi connectivity index (χ0n) is 18.3. The van der Waals surface area contributed by atoms with Gasteiger partial charge in [-0.25, -0.2) is 4.98 Å². The number of carbonyl (C=O) groups excluding carboxylic acids is 1. The van der Waals surface area contributed by atoms with E-state index in [4.69, 9.17) is 21.3 Å². The summed E-state index contributed by atoms with van der Waals surface area (Å²) < 4.78 is 6.83. The van der Waals surface area contributed by atoms with Crippen LogP contribution in [-0.4, -0.2) is 15.9 Å². The number of pyridine rings is 1. The number of para-hydroxylation sites is 1. The number of thiazole rings is 1. The molecule has 0 radical (unpaired) electrons. The van der Waals surface area contributed by atoms with Crippen molar-refractivity contribution in [2.75, 3.05) is 4.90 Å². The highest BCUT2D eigenvalue weighted by atomic mass is 35.5. The third-order valence-corrected chi connectivity index (χ3v) is 6.79. The van der Waals surface area contributed by atoms with E-state index >= 15 is 0 Å². The summed E-state index contributed by atoms with van der Waals surface area (Å²) in [5, 5.41) is 1.25. The summed E-state index contributed by atoms with van der Waals surface area (Å²) in [4.78, 5) is 24.5. The molecular formula is C27H20ClN3O2S. The molecule has 0 saturated carbocycles. The molecule has 7 heteroatoms. The maximum absolute atomic E-state index is 13.6. The van der Waals surface area contributed by atoms with E-state index < -0.39 is 0 Å². The molecule has 5 aromatic rings.